The van der Waals surface area contributed by atoms with Crippen molar-refractivity contribution in [3.8, 4) is 11.5 Å². The van der Waals surface area contributed by atoms with Gasteiger partial charge in [-0.3, -0.25) is 10.1 Å². The summed E-state index contributed by atoms with van der Waals surface area (Å²) in [6.07, 6.45) is 1.52. The maximum atomic E-state index is 13.3. The maximum Gasteiger partial charge on any atom is 0.326 e. The molecule has 0 unspecified atom stereocenters. The molecule has 0 aromatic heterocycles. The fourth-order valence-corrected chi connectivity index (χ4v) is 2.80. The summed E-state index contributed by atoms with van der Waals surface area (Å²) in [5, 5.41) is 4.55. The Morgan fingerprint density at radius 2 is 1.96 bits per heavy atom. The lowest BCUT2D eigenvalue weighted by atomic mass is 10.1. The predicted octanol–water partition coefficient (Wildman–Crippen LogP) is 3.36. The van der Waals surface area contributed by atoms with E-state index in [1.807, 2.05) is 0 Å². The van der Waals surface area contributed by atoms with E-state index >= 15 is 0 Å². The Balaban J connectivity index is 1.84. The first-order valence-corrected chi connectivity index (χ1v) is 8.34. The molecule has 26 heavy (non-hydrogen) atoms. The van der Waals surface area contributed by atoms with Crippen LogP contribution < -0.4 is 20.1 Å². The molecule has 2 aromatic rings. The van der Waals surface area contributed by atoms with E-state index in [2.05, 4.69) is 26.6 Å². The van der Waals surface area contributed by atoms with E-state index in [-0.39, 0.29) is 18.1 Å². The molecule has 2 N–H and O–H groups in total. The molecule has 3 amide bonds. The largest absolute Gasteiger partial charge is 0.493 e. The van der Waals surface area contributed by atoms with Crippen LogP contribution in [0.5, 0.6) is 11.5 Å². The highest BCUT2D eigenvalue weighted by Gasteiger charge is 2.23. The average molecular weight is 421 g/mol. The molecule has 0 aliphatic carbocycles. The zero-order valence-electron chi connectivity index (χ0n) is 13.6. The highest BCUT2D eigenvalue weighted by molar-refractivity contribution is 9.10. The van der Waals surface area contributed by atoms with E-state index < -0.39 is 11.9 Å². The van der Waals surface area contributed by atoms with Gasteiger partial charge in [-0.25, -0.2) is 9.18 Å². The van der Waals surface area contributed by atoms with Crippen molar-refractivity contribution >= 4 is 33.9 Å². The van der Waals surface area contributed by atoms with Crippen LogP contribution in [-0.4, -0.2) is 19.0 Å². The maximum absolute atomic E-state index is 13.3. The standard InChI is InChI=1S/C18H14BrFN2O4/c1-25-15-7-11(6-14-17(23)22-18(24)21-14)13(19)8-16(15)26-9-10-3-2-4-12(20)5-10/h2-8H,9H2,1H3,(H2,21,22,23,24)/b14-6+. The van der Waals surface area contributed by atoms with Crippen LogP contribution in [0.1, 0.15) is 11.1 Å². The summed E-state index contributed by atoms with van der Waals surface area (Å²) in [4.78, 5) is 22.8. The highest BCUT2D eigenvalue weighted by Crippen LogP contribution is 2.35. The van der Waals surface area contributed by atoms with Gasteiger partial charge < -0.3 is 14.8 Å². The second-order valence-electron chi connectivity index (χ2n) is 5.41. The van der Waals surface area contributed by atoms with Gasteiger partial charge in [0.05, 0.1) is 7.11 Å². The summed E-state index contributed by atoms with van der Waals surface area (Å²) < 4.78 is 24.9. The van der Waals surface area contributed by atoms with Crippen LogP contribution in [0.25, 0.3) is 6.08 Å². The minimum atomic E-state index is -0.570. The third-order valence-electron chi connectivity index (χ3n) is 3.59. The van der Waals surface area contributed by atoms with Crippen LogP contribution in [0.3, 0.4) is 0 Å². The van der Waals surface area contributed by atoms with Crippen molar-refractivity contribution in [3.05, 3.63) is 63.5 Å². The number of amides is 3. The number of ether oxygens (including phenoxy) is 2. The summed E-state index contributed by atoms with van der Waals surface area (Å²) in [6.45, 7) is 0.166. The fraction of sp³-hybridized carbons (Fsp3) is 0.111. The topological polar surface area (TPSA) is 76.7 Å². The molecule has 1 aliphatic rings. The van der Waals surface area contributed by atoms with Crippen LogP contribution in [0.2, 0.25) is 0 Å². The highest BCUT2D eigenvalue weighted by atomic mass is 79.9. The Morgan fingerprint density at radius 3 is 2.62 bits per heavy atom. The van der Waals surface area contributed by atoms with E-state index in [1.54, 1.807) is 24.3 Å². The zero-order valence-corrected chi connectivity index (χ0v) is 15.2. The zero-order chi connectivity index (χ0) is 18.7. The summed E-state index contributed by atoms with van der Waals surface area (Å²) in [5.74, 6) is 0.0392. The molecule has 3 rings (SSSR count). The van der Waals surface area contributed by atoms with Crippen molar-refractivity contribution in [2.45, 2.75) is 6.61 Å². The molecule has 0 saturated carbocycles. The number of methoxy groups -OCH3 is 1. The van der Waals surface area contributed by atoms with Gasteiger partial charge in [0.25, 0.3) is 5.91 Å². The number of hydrogen-bond donors (Lipinski definition) is 2. The quantitative estimate of drug-likeness (QED) is 0.574. The minimum absolute atomic E-state index is 0.131. The number of carbonyl (C=O) groups is 2. The number of nitrogens with one attached hydrogen (secondary N) is 2. The molecule has 1 fully saturated rings. The molecule has 0 atom stereocenters. The number of imide groups is 1. The Labute approximate surface area is 157 Å². The van der Waals surface area contributed by atoms with Crippen molar-refractivity contribution in [2.24, 2.45) is 0 Å². The van der Waals surface area contributed by atoms with E-state index in [9.17, 15) is 14.0 Å². The third kappa shape index (κ3) is 4.02. The molecule has 2 aromatic carbocycles. The molecule has 134 valence electrons. The van der Waals surface area contributed by atoms with E-state index in [4.69, 9.17) is 9.47 Å². The van der Waals surface area contributed by atoms with Crippen molar-refractivity contribution in [3.63, 3.8) is 0 Å². The normalized spacial score (nSPS) is 15.0. The predicted molar refractivity (Wildman–Crippen MR) is 96.1 cm³/mol. The number of carbonyl (C=O) groups excluding carboxylic acids is 2. The van der Waals surface area contributed by atoms with Crippen molar-refractivity contribution in [1.29, 1.82) is 0 Å². The average Bonchev–Trinajstić information content (AvgIpc) is 2.92. The van der Waals surface area contributed by atoms with Gasteiger partial charge in [-0.15, -0.1) is 0 Å². The van der Waals surface area contributed by atoms with E-state index in [0.717, 1.165) is 0 Å². The molecule has 0 spiro atoms. The number of rotatable bonds is 5. The number of urea groups is 1. The molecule has 1 aliphatic heterocycles. The second-order valence-corrected chi connectivity index (χ2v) is 6.26. The van der Waals surface area contributed by atoms with Gasteiger partial charge in [0.2, 0.25) is 0 Å². The second kappa shape index (κ2) is 7.57. The Morgan fingerprint density at radius 1 is 1.15 bits per heavy atom. The van der Waals surface area contributed by atoms with Crippen LogP contribution in [0.15, 0.2) is 46.6 Å². The van der Waals surface area contributed by atoms with Crippen LogP contribution >= 0.6 is 15.9 Å². The van der Waals surface area contributed by atoms with Gasteiger partial charge in [0, 0.05) is 4.47 Å². The monoisotopic (exact) mass is 420 g/mol. The molecule has 0 radical (unpaired) electrons. The number of hydrogen-bond acceptors (Lipinski definition) is 4. The molecule has 8 heteroatoms. The lowest BCUT2D eigenvalue weighted by molar-refractivity contribution is -0.115. The molecule has 1 heterocycles. The van der Waals surface area contributed by atoms with Gasteiger partial charge >= 0.3 is 6.03 Å². The van der Waals surface area contributed by atoms with Crippen LogP contribution in [-0.2, 0) is 11.4 Å². The first-order valence-electron chi connectivity index (χ1n) is 7.55. The molecular formula is C18H14BrFN2O4. The molecule has 0 bridgehead atoms. The van der Waals surface area contributed by atoms with Gasteiger partial charge in [-0.05, 0) is 41.5 Å². The molecule has 1 saturated heterocycles. The lowest BCUT2D eigenvalue weighted by Gasteiger charge is -2.13. The van der Waals surface area contributed by atoms with Crippen molar-refractivity contribution in [1.82, 2.24) is 10.6 Å². The minimum Gasteiger partial charge on any atom is -0.493 e. The number of benzene rings is 2. The van der Waals surface area contributed by atoms with E-state index in [1.165, 1.54) is 25.3 Å². The van der Waals surface area contributed by atoms with Gasteiger partial charge in [-0.2, -0.15) is 0 Å². The Kier molecular flexibility index (Phi) is 5.22. The summed E-state index contributed by atoms with van der Waals surface area (Å²) in [7, 11) is 1.49. The van der Waals surface area contributed by atoms with E-state index in [0.29, 0.717) is 27.1 Å². The summed E-state index contributed by atoms with van der Waals surface area (Å²) in [5.41, 5.74) is 1.43. The summed E-state index contributed by atoms with van der Waals surface area (Å²) in [6, 6.07) is 8.89. The Hall–Kier alpha value is -2.87. The molecular weight excluding hydrogens is 407 g/mol. The Bertz CT molecular complexity index is 914. The fourth-order valence-electron chi connectivity index (χ4n) is 2.36. The first kappa shape index (κ1) is 17.9. The lowest BCUT2D eigenvalue weighted by Crippen LogP contribution is -2.22. The SMILES string of the molecule is COc1cc(/C=C2/NC(=O)NC2=O)c(Br)cc1OCc1cccc(F)c1. The van der Waals surface area contributed by atoms with Crippen LogP contribution in [0.4, 0.5) is 9.18 Å². The van der Waals surface area contributed by atoms with Gasteiger partial charge in [0.1, 0.15) is 18.1 Å². The summed E-state index contributed by atoms with van der Waals surface area (Å²) >= 11 is 3.41. The third-order valence-corrected chi connectivity index (χ3v) is 4.27. The van der Waals surface area contributed by atoms with Gasteiger partial charge in [-0.1, -0.05) is 28.1 Å². The first-order chi connectivity index (χ1) is 12.5. The van der Waals surface area contributed by atoms with Crippen LogP contribution in [0, 0.1) is 5.82 Å². The molecule has 6 nitrogen and oxygen atoms in total. The van der Waals surface area contributed by atoms with Crippen molar-refractivity contribution < 1.29 is 23.5 Å². The number of halogens is 2. The van der Waals surface area contributed by atoms with Crippen molar-refractivity contribution in [2.75, 3.05) is 7.11 Å². The smallest absolute Gasteiger partial charge is 0.326 e. The van der Waals surface area contributed by atoms with Gasteiger partial charge in [0.15, 0.2) is 11.5 Å².